The minimum Gasteiger partial charge on any atom is -0.453 e. The van der Waals surface area contributed by atoms with Crippen molar-refractivity contribution < 1.29 is 62.6 Å². The lowest BCUT2D eigenvalue weighted by molar-refractivity contribution is -0.361. The van der Waals surface area contributed by atoms with Gasteiger partial charge in [-0.1, -0.05) is 0 Å². The second-order valence-electron chi connectivity index (χ2n) is 5.21. The summed E-state index contributed by atoms with van der Waals surface area (Å²) in [5, 5.41) is 0. The van der Waals surface area contributed by atoms with Crippen LogP contribution in [0.15, 0.2) is 34.7 Å². The van der Waals surface area contributed by atoms with Crippen molar-refractivity contribution in [3.63, 3.8) is 0 Å². The van der Waals surface area contributed by atoms with Crippen LogP contribution in [0.2, 0.25) is 0 Å². The topological polar surface area (TPSA) is 48.7 Å². The number of halogens is 10. The van der Waals surface area contributed by atoms with Gasteiger partial charge in [0.15, 0.2) is 12.0 Å². The van der Waals surface area contributed by atoms with E-state index in [9.17, 15) is 48.7 Å². The molecule has 0 bridgehead atoms. The van der Waals surface area contributed by atoms with Crippen molar-refractivity contribution in [1.29, 1.82) is 0 Å². The number of ether oxygens (including phenoxy) is 2. The van der Waals surface area contributed by atoms with Gasteiger partial charge in [0.05, 0.1) is 5.56 Å². The second-order valence-corrected chi connectivity index (χ2v) is 5.21. The van der Waals surface area contributed by atoms with E-state index in [1.807, 2.05) is 0 Å². The van der Waals surface area contributed by atoms with E-state index in [4.69, 9.17) is 4.42 Å². The summed E-state index contributed by atoms with van der Waals surface area (Å²) in [5.74, 6) is -3.68. The highest BCUT2D eigenvalue weighted by atomic mass is 19.4. The molecular weight excluding hydrogens is 434 g/mol. The van der Waals surface area contributed by atoms with Crippen LogP contribution in [0.1, 0.15) is 10.6 Å². The van der Waals surface area contributed by atoms with E-state index in [1.165, 1.54) is 0 Å². The van der Waals surface area contributed by atoms with Crippen LogP contribution in [0.3, 0.4) is 0 Å². The molecule has 0 amide bonds. The maximum atomic E-state index is 13.2. The number of carbonyl (C=O) groups is 1. The van der Waals surface area contributed by atoms with Crippen LogP contribution in [-0.2, 0) is 0 Å². The summed E-state index contributed by atoms with van der Waals surface area (Å²) in [6.45, 7) is 0. The molecule has 1 aromatic heterocycles. The van der Waals surface area contributed by atoms with E-state index in [0.717, 1.165) is 12.1 Å². The second kappa shape index (κ2) is 7.15. The molecule has 0 atom stereocenters. The molecule has 0 aliphatic heterocycles. The van der Waals surface area contributed by atoms with Gasteiger partial charge in [-0.3, -0.25) is 4.79 Å². The first-order chi connectivity index (χ1) is 13.1. The Labute approximate surface area is 153 Å². The lowest BCUT2D eigenvalue weighted by Gasteiger charge is -2.23. The number of alkyl halides is 10. The Bertz CT molecular complexity index is 882. The van der Waals surface area contributed by atoms with Crippen LogP contribution in [0.25, 0.3) is 11.3 Å². The molecule has 160 valence electrons. The maximum absolute atomic E-state index is 13.2. The molecule has 2 aromatic rings. The van der Waals surface area contributed by atoms with Gasteiger partial charge < -0.3 is 13.9 Å². The lowest BCUT2D eigenvalue weighted by Crippen LogP contribution is -2.42. The molecule has 0 radical (unpaired) electrons. The van der Waals surface area contributed by atoms with Gasteiger partial charge in [0.2, 0.25) is 0 Å². The van der Waals surface area contributed by atoms with Gasteiger partial charge in [-0.25, -0.2) is 0 Å². The first-order valence-corrected chi connectivity index (χ1v) is 7.04. The highest BCUT2D eigenvalue weighted by Gasteiger charge is 2.62. The predicted molar refractivity (Wildman–Crippen MR) is 72.8 cm³/mol. The Morgan fingerprint density at radius 2 is 1.31 bits per heavy atom. The summed E-state index contributed by atoms with van der Waals surface area (Å²) in [5.41, 5.74) is -0.919. The van der Waals surface area contributed by atoms with Crippen molar-refractivity contribution in [3.05, 3.63) is 36.1 Å². The molecule has 0 fully saturated rings. The van der Waals surface area contributed by atoms with Crippen LogP contribution in [0.5, 0.6) is 11.5 Å². The van der Waals surface area contributed by atoms with E-state index >= 15 is 0 Å². The van der Waals surface area contributed by atoms with Gasteiger partial charge in [-0.05, 0) is 30.3 Å². The van der Waals surface area contributed by atoms with Gasteiger partial charge >= 0.3 is 24.6 Å². The Balaban J connectivity index is 2.53. The van der Waals surface area contributed by atoms with Crippen molar-refractivity contribution >= 4 is 6.29 Å². The normalized spacial score (nSPS) is 13.3. The zero-order valence-corrected chi connectivity index (χ0v) is 13.4. The van der Waals surface area contributed by atoms with Gasteiger partial charge in [0.25, 0.3) is 0 Å². The molecule has 14 heteroatoms. The standard InChI is InChI=1S/C15H6F10O4/c16-12(17,18)14(22,23)28-7-1-4-11(29-15(24,25)13(19,20)21)9(5-7)10-3-2-8(6-26)27-10/h1-6H. The molecule has 0 spiro atoms. The SMILES string of the molecule is O=Cc1ccc(-c2cc(OC(F)(F)C(F)(F)F)ccc2OC(F)(F)C(F)(F)F)o1. The summed E-state index contributed by atoms with van der Waals surface area (Å²) in [6.07, 6.45) is -23.7. The Morgan fingerprint density at radius 3 is 1.79 bits per heavy atom. The van der Waals surface area contributed by atoms with Gasteiger partial charge in [-0.2, -0.15) is 43.9 Å². The molecule has 0 saturated carbocycles. The first-order valence-electron chi connectivity index (χ1n) is 7.04. The largest absolute Gasteiger partial charge is 0.499 e. The highest BCUT2D eigenvalue weighted by molar-refractivity contribution is 5.75. The molecule has 4 nitrogen and oxygen atoms in total. The van der Waals surface area contributed by atoms with Crippen LogP contribution in [-0.4, -0.2) is 30.9 Å². The number of rotatable bonds is 6. The minimum atomic E-state index is -6.18. The highest BCUT2D eigenvalue weighted by Crippen LogP contribution is 2.44. The number of aldehydes is 1. The molecule has 0 aliphatic carbocycles. The molecule has 2 rings (SSSR count). The molecule has 0 saturated heterocycles. The molecule has 0 N–H and O–H groups in total. The third-order valence-corrected chi connectivity index (χ3v) is 3.10. The van der Waals surface area contributed by atoms with E-state index in [-0.39, 0.29) is 24.5 Å². The van der Waals surface area contributed by atoms with Crippen molar-refractivity contribution in [2.45, 2.75) is 24.6 Å². The van der Waals surface area contributed by atoms with Crippen LogP contribution >= 0.6 is 0 Å². The van der Waals surface area contributed by atoms with Crippen molar-refractivity contribution in [2.24, 2.45) is 0 Å². The predicted octanol–water partition coefficient (Wildman–Crippen LogP) is 5.83. The summed E-state index contributed by atoms with van der Waals surface area (Å²) in [7, 11) is 0. The van der Waals surface area contributed by atoms with Crippen LogP contribution in [0, 0.1) is 0 Å². The fourth-order valence-corrected chi connectivity index (χ4v) is 1.82. The van der Waals surface area contributed by atoms with Crippen LogP contribution < -0.4 is 9.47 Å². The van der Waals surface area contributed by atoms with E-state index < -0.39 is 53.2 Å². The first kappa shape index (κ1) is 22.4. The average molecular weight is 440 g/mol. The zero-order chi connectivity index (χ0) is 22.3. The number of hydrogen-bond acceptors (Lipinski definition) is 4. The van der Waals surface area contributed by atoms with Gasteiger partial charge in [-0.15, -0.1) is 0 Å². The quantitative estimate of drug-likeness (QED) is 0.419. The minimum absolute atomic E-state index is 0.104. The lowest BCUT2D eigenvalue weighted by atomic mass is 10.1. The molecular formula is C15H6F10O4. The van der Waals surface area contributed by atoms with E-state index in [2.05, 4.69) is 9.47 Å². The number of hydrogen-bond donors (Lipinski definition) is 0. The average Bonchev–Trinajstić information content (AvgIpc) is 3.02. The number of furan rings is 1. The van der Waals surface area contributed by atoms with Crippen molar-refractivity contribution in [2.75, 3.05) is 0 Å². The van der Waals surface area contributed by atoms with E-state index in [1.54, 1.807) is 0 Å². The maximum Gasteiger partial charge on any atom is 0.499 e. The third-order valence-electron chi connectivity index (χ3n) is 3.10. The summed E-state index contributed by atoms with van der Waals surface area (Å²) < 4.78 is 138. The summed E-state index contributed by atoms with van der Waals surface area (Å²) in [6, 6.07) is 2.50. The smallest absolute Gasteiger partial charge is 0.453 e. The van der Waals surface area contributed by atoms with Gasteiger partial charge in [0, 0.05) is 0 Å². The Kier molecular flexibility index (Phi) is 5.51. The van der Waals surface area contributed by atoms with Crippen LogP contribution in [0.4, 0.5) is 43.9 Å². The Morgan fingerprint density at radius 1 is 0.759 bits per heavy atom. The fourth-order valence-electron chi connectivity index (χ4n) is 1.82. The molecule has 1 heterocycles. The number of carbonyl (C=O) groups excluding carboxylic acids is 1. The molecule has 0 unspecified atom stereocenters. The Hall–Kier alpha value is -2.93. The monoisotopic (exact) mass is 440 g/mol. The zero-order valence-electron chi connectivity index (χ0n) is 13.4. The molecule has 1 aromatic carbocycles. The summed E-state index contributed by atoms with van der Waals surface area (Å²) in [4.78, 5) is 10.6. The summed E-state index contributed by atoms with van der Waals surface area (Å²) >= 11 is 0. The third kappa shape index (κ3) is 4.74. The number of benzene rings is 1. The van der Waals surface area contributed by atoms with Crippen molar-refractivity contribution in [1.82, 2.24) is 0 Å². The fraction of sp³-hybridized carbons (Fsp3) is 0.267. The van der Waals surface area contributed by atoms with E-state index in [0.29, 0.717) is 0 Å². The van der Waals surface area contributed by atoms with Gasteiger partial charge in [0.1, 0.15) is 17.3 Å². The molecule has 0 aliphatic rings. The van der Waals surface area contributed by atoms with Crippen molar-refractivity contribution in [3.8, 4) is 22.8 Å². The molecule has 29 heavy (non-hydrogen) atoms.